The number of likely N-dealkylation sites (N-methyl/N-ethyl adjacent to an activating group) is 1. The number of para-hydroxylation sites is 1. The summed E-state index contributed by atoms with van der Waals surface area (Å²) in [5.74, 6) is -0.417. The molecule has 0 aliphatic carbocycles. The van der Waals surface area contributed by atoms with Gasteiger partial charge in [0, 0.05) is 36.5 Å². The molecule has 2 rings (SSSR count). The zero-order valence-electron chi connectivity index (χ0n) is 17.0. The van der Waals surface area contributed by atoms with Gasteiger partial charge in [0.1, 0.15) is 6.04 Å². The van der Waals surface area contributed by atoms with E-state index in [1.165, 1.54) is 0 Å². The van der Waals surface area contributed by atoms with E-state index < -0.39 is 6.04 Å². The minimum absolute atomic E-state index is 0.0922. The van der Waals surface area contributed by atoms with Crippen molar-refractivity contribution in [3.63, 3.8) is 0 Å². The van der Waals surface area contributed by atoms with Crippen molar-refractivity contribution in [2.24, 2.45) is 11.7 Å². The van der Waals surface area contributed by atoms with Gasteiger partial charge >= 0.3 is 0 Å². The second kappa shape index (κ2) is 12.1. The molecule has 2 aromatic rings. The van der Waals surface area contributed by atoms with Gasteiger partial charge in [-0.1, -0.05) is 45.4 Å². The Morgan fingerprint density at radius 3 is 2.52 bits per heavy atom. The first-order valence-electron chi connectivity index (χ1n) is 9.83. The largest absolute Gasteiger partial charge is 0.361 e. The molecule has 1 aromatic heterocycles. The van der Waals surface area contributed by atoms with Crippen molar-refractivity contribution in [3.8, 4) is 0 Å². The van der Waals surface area contributed by atoms with Gasteiger partial charge in [0.15, 0.2) is 0 Å². The molecule has 1 aromatic carbocycles. The summed E-state index contributed by atoms with van der Waals surface area (Å²) >= 11 is 0. The second-order valence-corrected chi connectivity index (χ2v) is 6.42. The molecule has 6 nitrogen and oxygen atoms in total. The monoisotopic (exact) mass is 374 g/mol. The number of benzene rings is 1. The molecule has 0 bridgehead atoms. The quantitative estimate of drug-likeness (QED) is 0.508. The first-order chi connectivity index (χ1) is 13.1. The van der Waals surface area contributed by atoms with Gasteiger partial charge < -0.3 is 21.4 Å². The SMILES string of the molecule is CC.CNC(=O)C(Cc1c[nH]c2ccccc12)NC(=O)[C@@H](C)CCCCN. The van der Waals surface area contributed by atoms with Gasteiger partial charge in [0.05, 0.1) is 0 Å². The average Bonchev–Trinajstić information content (AvgIpc) is 3.11. The van der Waals surface area contributed by atoms with E-state index in [2.05, 4.69) is 15.6 Å². The molecular formula is C21H34N4O2. The Morgan fingerprint density at radius 2 is 1.85 bits per heavy atom. The summed E-state index contributed by atoms with van der Waals surface area (Å²) in [4.78, 5) is 27.9. The van der Waals surface area contributed by atoms with E-state index in [0.29, 0.717) is 13.0 Å². The van der Waals surface area contributed by atoms with Gasteiger partial charge in [-0.05, 0) is 31.0 Å². The molecule has 150 valence electrons. The highest BCUT2D eigenvalue weighted by Crippen LogP contribution is 2.19. The van der Waals surface area contributed by atoms with E-state index >= 15 is 0 Å². The van der Waals surface area contributed by atoms with E-state index in [1.54, 1.807) is 7.05 Å². The maximum atomic E-state index is 12.4. The third-order valence-corrected chi connectivity index (χ3v) is 4.52. The lowest BCUT2D eigenvalue weighted by molar-refractivity contribution is -0.130. The Labute approximate surface area is 162 Å². The Bertz CT molecular complexity index is 711. The molecule has 27 heavy (non-hydrogen) atoms. The van der Waals surface area contributed by atoms with Crippen molar-refractivity contribution < 1.29 is 9.59 Å². The molecule has 0 fully saturated rings. The maximum absolute atomic E-state index is 12.4. The number of hydrogen-bond donors (Lipinski definition) is 4. The Morgan fingerprint density at radius 1 is 1.15 bits per heavy atom. The van der Waals surface area contributed by atoms with Crippen molar-refractivity contribution in [1.29, 1.82) is 0 Å². The second-order valence-electron chi connectivity index (χ2n) is 6.42. The molecule has 0 radical (unpaired) electrons. The van der Waals surface area contributed by atoms with Crippen molar-refractivity contribution in [3.05, 3.63) is 36.0 Å². The highest BCUT2D eigenvalue weighted by atomic mass is 16.2. The van der Waals surface area contributed by atoms with Crippen LogP contribution in [0.15, 0.2) is 30.5 Å². The van der Waals surface area contributed by atoms with E-state index in [9.17, 15) is 9.59 Å². The number of amides is 2. The fraction of sp³-hybridized carbons (Fsp3) is 0.524. The van der Waals surface area contributed by atoms with Crippen molar-refractivity contribution in [2.45, 2.75) is 52.5 Å². The van der Waals surface area contributed by atoms with Crippen LogP contribution in [-0.2, 0) is 16.0 Å². The normalized spacial score (nSPS) is 12.6. The Hall–Kier alpha value is -2.34. The number of aromatic amines is 1. The summed E-state index contributed by atoms with van der Waals surface area (Å²) in [5, 5.41) is 6.61. The first kappa shape index (κ1) is 22.7. The number of nitrogens with one attached hydrogen (secondary N) is 3. The van der Waals surface area contributed by atoms with Crippen LogP contribution in [0.4, 0.5) is 0 Å². The van der Waals surface area contributed by atoms with E-state index in [4.69, 9.17) is 5.73 Å². The van der Waals surface area contributed by atoms with Crippen LogP contribution in [0.1, 0.15) is 45.6 Å². The molecule has 2 amide bonds. The van der Waals surface area contributed by atoms with Gasteiger partial charge in [-0.3, -0.25) is 9.59 Å². The van der Waals surface area contributed by atoms with E-state index in [1.807, 2.05) is 51.2 Å². The number of unbranched alkanes of at least 4 members (excludes halogenated alkanes) is 1. The number of carbonyl (C=O) groups is 2. The molecular weight excluding hydrogens is 340 g/mol. The topological polar surface area (TPSA) is 100 Å². The number of nitrogens with two attached hydrogens (primary N) is 1. The average molecular weight is 375 g/mol. The molecule has 0 saturated heterocycles. The van der Waals surface area contributed by atoms with Gasteiger partial charge in [-0.25, -0.2) is 0 Å². The number of carbonyl (C=O) groups excluding carboxylic acids is 2. The van der Waals surface area contributed by atoms with Crippen LogP contribution in [0.25, 0.3) is 10.9 Å². The van der Waals surface area contributed by atoms with Crippen LogP contribution in [-0.4, -0.2) is 36.4 Å². The summed E-state index contributed by atoms with van der Waals surface area (Å²) < 4.78 is 0. The lowest BCUT2D eigenvalue weighted by atomic mass is 10.0. The molecule has 0 aliphatic heterocycles. The van der Waals surface area contributed by atoms with Crippen molar-refractivity contribution >= 4 is 22.7 Å². The molecule has 5 N–H and O–H groups in total. The van der Waals surface area contributed by atoms with Crippen LogP contribution < -0.4 is 16.4 Å². The summed E-state index contributed by atoms with van der Waals surface area (Å²) in [5.41, 5.74) is 7.53. The molecule has 2 atom stereocenters. The van der Waals surface area contributed by atoms with Crippen LogP contribution in [0, 0.1) is 5.92 Å². The summed E-state index contributed by atoms with van der Waals surface area (Å²) in [6.45, 7) is 6.52. The third kappa shape index (κ3) is 6.71. The molecule has 0 aliphatic rings. The highest BCUT2D eigenvalue weighted by molar-refractivity contribution is 5.90. The van der Waals surface area contributed by atoms with Crippen LogP contribution in [0.5, 0.6) is 0 Å². The van der Waals surface area contributed by atoms with Gasteiger partial charge in [0.25, 0.3) is 0 Å². The molecule has 6 heteroatoms. The predicted molar refractivity (Wildman–Crippen MR) is 111 cm³/mol. The Balaban J connectivity index is 0.00000176. The lowest BCUT2D eigenvalue weighted by Crippen LogP contribution is -2.48. The fourth-order valence-corrected chi connectivity index (χ4v) is 2.94. The van der Waals surface area contributed by atoms with E-state index in [0.717, 1.165) is 35.7 Å². The number of fused-ring (bicyclic) bond motifs is 1. The number of aromatic nitrogens is 1. The van der Waals surface area contributed by atoms with Crippen molar-refractivity contribution in [2.75, 3.05) is 13.6 Å². The smallest absolute Gasteiger partial charge is 0.242 e. The van der Waals surface area contributed by atoms with Crippen LogP contribution in [0.3, 0.4) is 0 Å². The zero-order valence-corrected chi connectivity index (χ0v) is 17.0. The first-order valence-corrected chi connectivity index (χ1v) is 9.83. The molecule has 0 spiro atoms. The molecule has 1 heterocycles. The van der Waals surface area contributed by atoms with Crippen LogP contribution in [0.2, 0.25) is 0 Å². The molecule has 1 unspecified atom stereocenters. The number of H-pyrrole nitrogens is 1. The maximum Gasteiger partial charge on any atom is 0.242 e. The number of hydrogen-bond acceptors (Lipinski definition) is 3. The number of rotatable bonds is 9. The highest BCUT2D eigenvalue weighted by Gasteiger charge is 2.23. The van der Waals surface area contributed by atoms with Crippen LogP contribution >= 0.6 is 0 Å². The standard InChI is InChI=1S/C19H28N4O2.C2H6/c1-13(7-5-6-10-20)18(24)23-17(19(25)21-2)11-14-12-22-16-9-4-3-8-15(14)16;1-2/h3-4,8-9,12-13,17,22H,5-7,10-11,20H2,1-2H3,(H,21,25)(H,23,24);1-2H3/t13-,17?;/m0./s1. The van der Waals surface area contributed by atoms with Gasteiger partial charge in [-0.2, -0.15) is 0 Å². The zero-order chi connectivity index (χ0) is 20.2. The summed E-state index contributed by atoms with van der Waals surface area (Å²) in [6.07, 6.45) is 4.95. The fourth-order valence-electron chi connectivity index (χ4n) is 2.94. The van der Waals surface area contributed by atoms with E-state index in [-0.39, 0.29) is 17.7 Å². The van der Waals surface area contributed by atoms with Gasteiger partial charge in [-0.15, -0.1) is 0 Å². The van der Waals surface area contributed by atoms with Crippen molar-refractivity contribution in [1.82, 2.24) is 15.6 Å². The van der Waals surface area contributed by atoms with Gasteiger partial charge in [0.2, 0.25) is 11.8 Å². The minimum Gasteiger partial charge on any atom is -0.361 e. The molecule has 0 saturated carbocycles. The predicted octanol–water partition coefficient (Wildman–Crippen LogP) is 2.73. The Kier molecular flexibility index (Phi) is 10.2. The minimum atomic E-state index is -0.589. The lowest BCUT2D eigenvalue weighted by Gasteiger charge is -2.20. The summed E-state index contributed by atoms with van der Waals surface area (Å²) in [7, 11) is 1.58. The third-order valence-electron chi connectivity index (χ3n) is 4.52. The summed E-state index contributed by atoms with van der Waals surface area (Å²) in [6, 6.07) is 7.34.